The lowest BCUT2D eigenvalue weighted by Crippen LogP contribution is -2.26. The van der Waals surface area contributed by atoms with E-state index in [4.69, 9.17) is 0 Å². The molecule has 3 heterocycles. The van der Waals surface area contributed by atoms with Crippen LogP contribution in [0.2, 0.25) is 0 Å². The fourth-order valence-electron chi connectivity index (χ4n) is 4.58. The molecule has 5 rings (SSSR count). The summed E-state index contributed by atoms with van der Waals surface area (Å²) in [6, 6.07) is 19.1. The first-order valence-electron chi connectivity index (χ1n) is 10.8. The molecule has 32 heavy (non-hydrogen) atoms. The Labute approximate surface area is 188 Å². The van der Waals surface area contributed by atoms with Crippen molar-refractivity contribution in [3.05, 3.63) is 73.1 Å². The van der Waals surface area contributed by atoms with E-state index < -0.39 is 10.0 Å². The van der Waals surface area contributed by atoms with Crippen LogP contribution in [0, 0.1) is 0 Å². The minimum Gasteiger partial charge on any atom is -0.369 e. The maximum absolute atomic E-state index is 13.0. The molecule has 164 valence electrons. The topological polar surface area (TPSA) is 67.2 Å². The van der Waals surface area contributed by atoms with Gasteiger partial charge >= 0.3 is 0 Å². The van der Waals surface area contributed by atoms with Gasteiger partial charge in [-0.1, -0.05) is 30.3 Å². The molecule has 2 aromatic carbocycles. The molecule has 1 unspecified atom stereocenters. The molecule has 1 N–H and O–H groups in total. The van der Waals surface area contributed by atoms with Crippen molar-refractivity contribution in [2.75, 3.05) is 16.2 Å². The molecule has 1 aliphatic rings. The summed E-state index contributed by atoms with van der Waals surface area (Å²) in [6.07, 6.45) is 6.06. The van der Waals surface area contributed by atoms with Gasteiger partial charge in [-0.3, -0.25) is 4.72 Å². The number of pyridine rings is 1. The molecule has 1 fully saturated rings. The lowest BCUT2D eigenvalue weighted by molar-refractivity contribution is 0.601. The Bertz CT molecular complexity index is 1380. The van der Waals surface area contributed by atoms with Crippen molar-refractivity contribution in [2.24, 2.45) is 7.05 Å². The summed E-state index contributed by atoms with van der Waals surface area (Å²) < 4.78 is 30.8. The second-order valence-electron chi connectivity index (χ2n) is 8.36. The second-order valence-corrected chi connectivity index (χ2v) is 10.0. The van der Waals surface area contributed by atoms with Gasteiger partial charge in [-0.15, -0.1) is 0 Å². The van der Waals surface area contributed by atoms with Crippen LogP contribution in [0.1, 0.15) is 19.8 Å². The third-order valence-corrected chi connectivity index (χ3v) is 7.58. The minimum atomic E-state index is -3.72. The van der Waals surface area contributed by atoms with E-state index in [-0.39, 0.29) is 4.90 Å². The highest BCUT2D eigenvalue weighted by Gasteiger charge is 2.22. The van der Waals surface area contributed by atoms with E-state index in [1.54, 1.807) is 42.6 Å². The van der Waals surface area contributed by atoms with Crippen LogP contribution < -0.4 is 9.62 Å². The quantitative estimate of drug-likeness (QED) is 0.467. The Morgan fingerprint density at radius 3 is 2.62 bits per heavy atom. The summed E-state index contributed by atoms with van der Waals surface area (Å²) in [5.41, 5.74) is 4.44. The Kier molecular flexibility index (Phi) is 5.13. The molecular weight excluding hydrogens is 420 g/mol. The molecule has 2 aromatic heterocycles. The number of hydrogen-bond donors (Lipinski definition) is 1. The normalized spacial score (nSPS) is 16.6. The van der Waals surface area contributed by atoms with Crippen molar-refractivity contribution in [3.63, 3.8) is 0 Å². The first-order valence-corrected chi connectivity index (χ1v) is 12.3. The average Bonchev–Trinajstić information content (AvgIpc) is 3.38. The van der Waals surface area contributed by atoms with Crippen LogP contribution in [-0.2, 0) is 17.1 Å². The Balaban J connectivity index is 1.62. The van der Waals surface area contributed by atoms with Crippen molar-refractivity contribution >= 4 is 32.4 Å². The van der Waals surface area contributed by atoms with Crippen molar-refractivity contribution in [2.45, 2.75) is 30.7 Å². The maximum atomic E-state index is 13.0. The predicted molar refractivity (Wildman–Crippen MR) is 129 cm³/mol. The van der Waals surface area contributed by atoms with Crippen molar-refractivity contribution in [1.82, 2.24) is 9.55 Å². The zero-order valence-electron chi connectivity index (χ0n) is 18.2. The van der Waals surface area contributed by atoms with Crippen LogP contribution in [0.3, 0.4) is 0 Å². The number of benzene rings is 2. The molecule has 0 spiro atoms. The summed E-state index contributed by atoms with van der Waals surface area (Å²) in [7, 11) is -1.79. The molecule has 1 atom stereocenters. The van der Waals surface area contributed by atoms with Crippen LogP contribution in [0.4, 0.5) is 11.4 Å². The number of sulfonamides is 1. The summed E-state index contributed by atoms with van der Waals surface area (Å²) in [5.74, 6) is 0. The number of nitrogens with zero attached hydrogens (tertiary/aromatic N) is 3. The molecule has 1 aliphatic heterocycles. The van der Waals surface area contributed by atoms with Gasteiger partial charge in [0.05, 0.1) is 16.0 Å². The zero-order chi connectivity index (χ0) is 22.3. The number of hydrogen-bond acceptors (Lipinski definition) is 4. The van der Waals surface area contributed by atoms with Gasteiger partial charge in [-0.05, 0) is 55.7 Å². The average molecular weight is 447 g/mol. The lowest BCUT2D eigenvalue weighted by Gasteiger charge is -2.24. The summed E-state index contributed by atoms with van der Waals surface area (Å²) in [5, 5.41) is 0.793. The summed E-state index contributed by atoms with van der Waals surface area (Å²) in [4.78, 5) is 7.19. The molecular formula is C25H26N4O2S. The van der Waals surface area contributed by atoms with Crippen molar-refractivity contribution < 1.29 is 8.42 Å². The number of nitrogens with one attached hydrogen (secondary N) is 1. The van der Waals surface area contributed by atoms with E-state index in [0.717, 1.165) is 28.7 Å². The van der Waals surface area contributed by atoms with E-state index in [2.05, 4.69) is 45.8 Å². The van der Waals surface area contributed by atoms with Gasteiger partial charge in [0, 0.05) is 43.3 Å². The maximum Gasteiger partial charge on any atom is 0.261 e. The molecule has 4 aromatic rings. The Morgan fingerprint density at radius 2 is 1.88 bits per heavy atom. The number of anilines is 2. The first kappa shape index (κ1) is 20.6. The first-order chi connectivity index (χ1) is 15.4. The number of aryl methyl sites for hydroxylation is 1. The van der Waals surface area contributed by atoms with Crippen LogP contribution in [-0.4, -0.2) is 30.6 Å². The zero-order valence-corrected chi connectivity index (χ0v) is 19.0. The monoisotopic (exact) mass is 446 g/mol. The smallest absolute Gasteiger partial charge is 0.261 e. The Hall–Kier alpha value is -3.32. The molecule has 7 heteroatoms. The van der Waals surface area contributed by atoms with Gasteiger partial charge in [0.2, 0.25) is 0 Å². The van der Waals surface area contributed by atoms with E-state index in [9.17, 15) is 8.42 Å². The third-order valence-electron chi connectivity index (χ3n) is 6.20. The Morgan fingerprint density at radius 1 is 1.06 bits per heavy atom. The van der Waals surface area contributed by atoms with Gasteiger partial charge in [-0.2, -0.15) is 0 Å². The summed E-state index contributed by atoms with van der Waals surface area (Å²) >= 11 is 0. The summed E-state index contributed by atoms with van der Waals surface area (Å²) in [6.45, 7) is 3.32. The van der Waals surface area contributed by atoms with E-state index >= 15 is 0 Å². The fourth-order valence-corrected chi connectivity index (χ4v) is 5.67. The van der Waals surface area contributed by atoms with E-state index in [1.807, 2.05) is 17.8 Å². The third kappa shape index (κ3) is 3.62. The highest BCUT2D eigenvalue weighted by Crippen LogP contribution is 2.37. The van der Waals surface area contributed by atoms with Gasteiger partial charge in [0.25, 0.3) is 10.0 Å². The molecule has 0 aliphatic carbocycles. The molecule has 0 bridgehead atoms. The molecule has 6 nitrogen and oxygen atoms in total. The van der Waals surface area contributed by atoms with Crippen molar-refractivity contribution in [3.8, 4) is 11.1 Å². The van der Waals surface area contributed by atoms with Gasteiger partial charge in [0.15, 0.2) is 0 Å². The second kappa shape index (κ2) is 7.98. The molecule has 0 radical (unpaired) electrons. The van der Waals surface area contributed by atoms with Crippen LogP contribution in [0.25, 0.3) is 22.2 Å². The van der Waals surface area contributed by atoms with Gasteiger partial charge < -0.3 is 9.47 Å². The number of fused-ring (bicyclic) bond motifs is 1. The van der Waals surface area contributed by atoms with Crippen LogP contribution >= 0.6 is 0 Å². The highest BCUT2D eigenvalue weighted by atomic mass is 32.2. The standard InChI is InChI=1S/C25H26N4O2S/c1-18-8-7-15-29(18)20-10-6-9-19(16-20)22-17-28(2)25-24(22)23(13-14-26-25)27-32(30,31)21-11-4-3-5-12-21/h3-6,9-14,16-18H,7-8,15H2,1-2H3,(H,26,27). The molecule has 1 saturated heterocycles. The predicted octanol–water partition coefficient (Wildman–Crippen LogP) is 5.03. The fraction of sp³-hybridized carbons (Fsp3) is 0.240. The van der Waals surface area contributed by atoms with Gasteiger partial charge in [0.1, 0.15) is 5.65 Å². The van der Waals surface area contributed by atoms with Crippen molar-refractivity contribution in [1.29, 1.82) is 0 Å². The molecule has 0 amide bonds. The minimum absolute atomic E-state index is 0.229. The highest BCUT2D eigenvalue weighted by molar-refractivity contribution is 7.92. The SMILES string of the molecule is CC1CCCN1c1cccc(-c2cn(C)c3nccc(NS(=O)(=O)c4ccccc4)c23)c1. The van der Waals surface area contributed by atoms with E-state index in [0.29, 0.717) is 11.7 Å². The van der Waals surface area contributed by atoms with Crippen LogP contribution in [0.15, 0.2) is 78.0 Å². The van der Waals surface area contributed by atoms with Crippen LogP contribution in [0.5, 0.6) is 0 Å². The van der Waals surface area contributed by atoms with Gasteiger partial charge in [-0.25, -0.2) is 13.4 Å². The largest absolute Gasteiger partial charge is 0.369 e. The molecule has 0 saturated carbocycles. The van der Waals surface area contributed by atoms with E-state index in [1.165, 1.54) is 18.5 Å². The number of rotatable bonds is 5. The lowest BCUT2D eigenvalue weighted by atomic mass is 10.0. The number of aromatic nitrogens is 2.